The summed E-state index contributed by atoms with van der Waals surface area (Å²) < 4.78 is 4.97. The van der Waals surface area contributed by atoms with Gasteiger partial charge in [-0.1, -0.05) is 18.2 Å². The van der Waals surface area contributed by atoms with Crippen LogP contribution in [0.5, 0.6) is 5.75 Å². The van der Waals surface area contributed by atoms with Gasteiger partial charge in [0.15, 0.2) is 0 Å². The van der Waals surface area contributed by atoms with Gasteiger partial charge in [-0.2, -0.15) is 0 Å². The summed E-state index contributed by atoms with van der Waals surface area (Å²) in [5.41, 5.74) is 1.39. The molecule has 1 aromatic rings. The van der Waals surface area contributed by atoms with Crippen molar-refractivity contribution in [2.24, 2.45) is 0 Å². The van der Waals surface area contributed by atoms with Crippen LogP contribution in [0.1, 0.15) is 12.0 Å². The first-order valence-corrected chi connectivity index (χ1v) is 3.94. The number of benzene rings is 1. The summed E-state index contributed by atoms with van der Waals surface area (Å²) in [5, 5.41) is 8.89. The summed E-state index contributed by atoms with van der Waals surface area (Å²) in [6, 6.07) is 7.13. The highest BCUT2D eigenvalue weighted by atomic mass is 16.5. The van der Waals surface area contributed by atoms with Crippen molar-refractivity contribution in [2.45, 2.75) is 6.42 Å². The Morgan fingerprint density at radius 3 is 2.92 bits per heavy atom. The summed E-state index contributed by atoms with van der Waals surface area (Å²) in [6.45, 7) is 0. The van der Waals surface area contributed by atoms with Crippen molar-refractivity contribution < 1.29 is 14.6 Å². The Balaban J connectivity index is 2.55. The Bertz CT molecular complexity index is 380. The smallest absolute Gasteiger partial charge is 0.315 e. The molecule has 2 rings (SSSR count). The van der Waals surface area contributed by atoms with Gasteiger partial charge >= 0.3 is 5.97 Å². The molecule has 0 bridgehead atoms. The number of carbonyl (C=O) groups excluding carboxylic acids is 1. The quantitative estimate of drug-likeness (QED) is 0.373. The van der Waals surface area contributed by atoms with Crippen molar-refractivity contribution in [2.75, 3.05) is 0 Å². The first-order chi connectivity index (χ1) is 6.31. The zero-order valence-electron chi connectivity index (χ0n) is 6.86. The minimum Gasteiger partial charge on any atom is -0.515 e. The van der Waals surface area contributed by atoms with E-state index in [0.29, 0.717) is 11.3 Å². The molecule has 0 fully saturated rings. The molecule has 0 atom stereocenters. The summed E-state index contributed by atoms with van der Waals surface area (Å²) in [4.78, 5) is 11.0. The number of rotatable bonds is 0. The van der Waals surface area contributed by atoms with Crippen molar-refractivity contribution in [3.8, 4) is 5.75 Å². The van der Waals surface area contributed by atoms with Gasteiger partial charge in [-0.15, -0.1) is 0 Å². The number of hydrogen-bond acceptors (Lipinski definition) is 3. The highest BCUT2D eigenvalue weighted by Crippen LogP contribution is 2.32. The molecule has 13 heavy (non-hydrogen) atoms. The fourth-order valence-electron chi connectivity index (χ4n) is 1.35. The SMILES string of the molecule is O=C1CC(=CO)c2ccccc2O1. The number of ether oxygens (including phenoxy) is 1. The van der Waals surface area contributed by atoms with E-state index in [9.17, 15) is 4.79 Å². The Kier molecular flexibility index (Phi) is 1.77. The van der Waals surface area contributed by atoms with Crippen LogP contribution in [0, 0.1) is 0 Å². The van der Waals surface area contributed by atoms with Gasteiger partial charge in [0.25, 0.3) is 0 Å². The van der Waals surface area contributed by atoms with Crippen LogP contribution in [-0.4, -0.2) is 11.1 Å². The van der Waals surface area contributed by atoms with E-state index >= 15 is 0 Å². The largest absolute Gasteiger partial charge is 0.515 e. The normalized spacial score (nSPS) is 18.2. The fraction of sp³-hybridized carbons (Fsp3) is 0.100. The van der Waals surface area contributed by atoms with Crippen molar-refractivity contribution in [3.05, 3.63) is 36.1 Å². The van der Waals surface area contributed by atoms with E-state index in [-0.39, 0.29) is 12.4 Å². The average molecular weight is 176 g/mol. The molecule has 0 spiro atoms. The van der Waals surface area contributed by atoms with Gasteiger partial charge in [0, 0.05) is 11.1 Å². The molecule has 3 heteroatoms. The van der Waals surface area contributed by atoms with Crippen molar-refractivity contribution >= 4 is 11.5 Å². The van der Waals surface area contributed by atoms with E-state index in [4.69, 9.17) is 9.84 Å². The van der Waals surface area contributed by atoms with Crippen LogP contribution in [0.3, 0.4) is 0 Å². The summed E-state index contributed by atoms with van der Waals surface area (Å²) in [5.74, 6) is 0.179. The Labute approximate surface area is 75.3 Å². The summed E-state index contributed by atoms with van der Waals surface area (Å²) >= 11 is 0. The zero-order valence-corrected chi connectivity index (χ0v) is 6.86. The molecule has 1 heterocycles. The first kappa shape index (κ1) is 7.86. The van der Waals surface area contributed by atoms with E-state index in [2.05, 4.69) is 0 Å². The topological polar surface area (TPSA) is 46.5 Å². The van der Waals surface area contributed by atoms with Crippen molar-refractivity contribution in [1.82, 2.24) is 0 Å². The van der Waals surface area contributed by atoms with Crippen molar-refractivity contribution in [3.63, 3.8) is 0 Å². The maximum atomic E-state index is 11.0. The maximum Gasteiger partial charge on any atom is 0.315 e. The number of aliphatic hydroxyl groups is 1. The molecule has 0 saturated carbocycles. The van der Waals surface area contributed by atoms with E-state index in [0.717, 1.165) is 11.8 Å². The fourth-order valence-corrected chi connectivity index (χ4v) is 1.35. The molecule has 1 aromatic carbocycles. The van der Waals surface area contributed by atoms with E-state index in [1.54, 1.807) is 12.1 Å². The number of fused-ring (bicyclic) bond motifs is 1. The monoisotopic (exact) mass is 176 g/mol. The Morgan fingerprint density at radius 2 is 2.15 bits per heavy atom. The van der Waals surface area contributed by atoms with Crippen LogP contribution in [0.2, 0.25) is 0 Å². The third-order valence-corrected chi connectivity index (χ3v) is 1.95. The number of esters is 1. The minimum absolute atomic E-state index is 0.132. The molecule has 0 aromatic heterocycles. The lowest BCUT2D eigenvalue weighted by Gasteiger charge is -2.16. The predicted molar refractivity (Wildman–Crippen MR) is 47.3 cm³/mol. The number of aliphatic hydroxyl groups excluding tert-OH is 1. The molecule has 0 amide bonds. The Morgan fingerprint density at radius 1 is 1.38 bits per heavy atom. The highest BCUT2D eigenvalue weighted by Gasteiger charge is 2.20. The Hall–Kier alpha value is -1.77. The van der Waals surface area contributed by atoms with Gasteiger partial charge in [-0.05, 0) is 6.07 Å². The van der Waals surface area contributed by atoms with Gasteiger partial charge in [0.2, 0.25) is 0 Å². The molecule has 0 radical (unpaired) electrons. The zero-order chi connectivity index (χ0) is 9.26. The molecule has 3 nitrogen and oxygen atoms in total. The van der Waals surface area contributed by atoms with Crippen LogP contribution < -0.4 is 4.74 Å². The van der Waals surface area contributed by atoms with Crippen LogP contribution in [-0.2, 0) is 4.79 Å². The molecule has 66 valence electrons. The molecule has 0 aliphatic carbocycles. The minimum atomic E-state index is -0.334. The third-order valence-electron chi connectivity index (χ3n) is 1.95. The number of para-hydroxylation sites is 1. The second-order valence-corrected chi connectivity index (χ2v) is 2.80. The molecule has 0 unspecified atom stereocenters. The maximum absolute atomic E-state index is 11.0. The van der Waals surface area contributed by atoms with E-state index in [1.807, 2.05) is 12.1 Å². The lowest BCUT2D eigenvalue weighted by molar-refractivity contribution is -0.133. The molecular formula is C10H8O3. The second kappa shape index (κ2) is 2.94. The molecule has 1 aliphatic heterocycles. The molecular weight excluding hydrogens is 168 g/mol. The van der Waals surface area contributed by atoms with Crippen molar-refractivity contribution in [1.29, 1.82) is 0 Å². The average Bonchev–Trinajstić information content (AvgIpc) is 2.16. The summed E-state index contributed by atoms with van der Waals surface area (Å²) in [7, 11) is 0. The van der Waals surface area contributed by atoms with Crippen LogP contribution >= 0.6 is 0 Å². The molecule has 0 saturated heterocycles. The second-order valence-electron chi connectivity index (χ2n) is 2.80. The van der Waals surface area contributed by atoms with Gasteiger partial charge in [-0.25, -0.2) is 0 Å². The van der Waals surface area contributed by atoms with Gasteiger partial charge in [0.05, 0.1) is 12.7 Å². The number of hydrogen-bond donors (Lipinski definition) is 1. The first-order valence-electron chi connectivity index (χ1n) is 3.94. The van der Waals surface area contributed by atoms with Gasteiger partial charge in [0.1, 0.15) is 5.75 Å². The van der Waals surface area contributed by atoms with Gasteiger partial charge < -0.3 is 9.84 Å². The molecule has 1 aliphatic rings. The standard InChI is InChI=1S/C10H8O3/c11-6-7-5-10(12)13-9-4-2-1-3-8(7)9/h1-4,6,11H,5H2. The number of carbonyl (C=O) groups is 1. The van der Waals surface area contributed by atoms with Crippen LogP contribution in [0.15, 0.2) is 30.5 Å². The predicted octanol–water partition coefficient (Wildman–Crippen LogP) is 1.89. The molecule has 1 N–H and O–H groups in total. The lowest BCUT2D eigenvalue weighted by atomic mass is 10.0. The van der Waals surface area contributed by atoms with Crippen LogP contribution in [0.25, 0.3) is 5.57 Å². The lowest BCUT2D eigenvalue weighted by Crippen LogP contribution is -2.14. The van der Waals surface area contributed by atoms with Crippen LogP contribution in [0.4, 0.5) is 0 Å². The third kappa shape index (κ3) is 1.28. The van der Waals surface area contributed by atoms with Gasteiger partial charge in [-0.3, -0.25) is 4.79 Å². The summed E-state index contributed by atoms with van der Waals surface area (Å²) in [6.07, 6.45) is 1.09. The van der Waals surface area contributed by atoms with E-state index < -0.39 is 0 Å². The highest BCUT2D eigenvalue weighted by molar-refractivity contribution is 5.91. The van der Waals surface area contributed by atoms with E-state index in [1.165, 1.54) is 0 Å².